The molecule has 0 radical (unpaired) electrons. The molecule has 3 aromatic rings. The number of nitrogens with zero attached hydrogens (tertiary/aromatic N) is 2. The van der Waals surface area contributed by atoms with Gasteiger partial charge in [-0.15, -0.1) is 0 Å². The van der Waals surface area contributed by atoms with Crippen molar-refractivity contribution in [2.24, 2.45) is 0 Å². The van der Waals surface area contributed by atoms with Gasteiger partial charge >= 0.3 is 0 Å². The number of carbonyl (C=O) groups is 2. The summed E-state index contributed by atoms with van der Waals surface area (Å²) < 4.78 is 5.60. The van der Waals surface area contributed by atoms with Crippen molar-refractivity contribution in [3.8, 4) is 0 Å². The summed E-state index contributed by atoms with van der Waals surface area (Å²) in [6, 6.07) is 10.6. The summed E-state index contributed by atoms with van der Waals surface area (Å²) in [4.78, 5) is 46.0. The number of amides is 2. The number of aromatic nitrogens is 2. The summed E-state index contributed by atoms with van der Waals surface area (Å²) in [5, 5.41) is 2.89. The minimum atomic E-state index is -0.322. The molecule has 2 aromatic heterocycles. The Labute approximate surface area is 193 Å². The summed E-state index contributed by atoms with van der Waals surface area (Å²) in [6.45, 7) is 6.31. The molecule has 0 unspecified atom stereocenters. The Morgan fingerprint density at radius 3 is 2.58 bits per heavy atom. The second-order valence-corrected chi connectivity index (χ2v) is 8.00. The molecule has 8 heteroatoms. The lowest BCUT2D eigenvalue weighted by molar-refractivity contribution is 0.0783. The van der Waals surface area contributed by atoms with Gasteiger partial charge in [-0.25, -0.2) is 4.98 Å². The molecule has 174 valence electrons. The standard InChI is InChI=1S/C25H30N4O4/c1-5-9-22-27-16(3)23(33-22)24(31)26-14-17-10-7-8-11-18(17)15-29(4)25(32)19-12-20(6-2)28-21(30)13-19/h7-8,10-13H,5-6,9,14-15H2,1-4H3,(H,26,31)(H,28,30). The number of oxazole rings is 1. The summed E-state index contributed by atoms with van der Waals surface area (Å²) in [5.41, 5.74) is 3.13. The van der Waals surface area contributed by atoms with Crippen LogP contribution >= 0.6 is 0 Å². The van der Waals surface area contributed by atoms with Crippen LogP contribution in [0.1, 0.15) is 69.6 Å². The van der Waals surface area contributed by atoms with E-state index in [1.165, 1.54) is 6.07 Å². The second kappa shape index (κ2) is 10.8. The highest BCUT2D eigenvalue weighted by Gasteiger charge is 2.18. The van der Waals surface area contributed by atoms with E-state index in [9.17, 15) is 14.4 Å². The van der Waals surface area contributed by atoms with Crippen LogP contribution in [0.15, 0.2) is 45.6 Å². The van der Waals surface area contributed by atoms with Gasteiger partial charge in [-0.1, -0.05) is 38.1 Å². The monoisotopic (exact) mass is 450 g/mol. The molecule has 0 aliphatic rings. The van der Waals surface area contributed by atoms with Crippen molar-refractivity contribution >= 4 is 11.8 Å². The van der Waals surface area contributed by atoms with Gasteiger partial charge in [-0.05, 0) is 37.0 Å². The molecule has 3 rings (SSSR count). The molecule has 0 saturated heterocycles. The summed E-state index contributed by atoms with van der Waals surface area (Å²) in [6.07, 6.45) is 2.20. The predicted octanol–water partition coefficient (Wildman–Crippen LogP) is 3.39. The first-order valence-electron chi connectivity index (χ1n) is 11.1. The molecule has 2 amide bonds. The Hall–Kier alpha value is -3.68. The van der Waals surface area contributed by atoms with Gasteiger partial charge in [0, 0.05) is 43.9 Å². The third kappa shape index (κ3) is 5.97. The molecule has 0 saturated carbocycles. The average Bonchev–Trinajstić information content (AvgIpc) is 3.17. The number of hydrogen-bond acceptors (Lipinski definition) is 5. The zero-order valence-corrected chi connectivity index (χ0v) is 19.5. The van der Waals surface area contributed by atoms with E-state index in [2.05, 4.69) is 15.3 Å². The Bertz CT molecular complexity index is 1200. The van der Waals surface area contributed by atoms with E-state index in [0.29, 0.717) is 42.2 Å². The summed E-state index contributed by atoms with van der Waals surface area (Å²) in [5.74, 6) is 0.225. The van der Waals surface area contributed by atoms with Crippen LogP contribution in [0, 0.1) is 6.92 Å². The average molecular weight is 451 g/mol. The second-order valence-electron chi connectivity index (χ2n) is 8.00. The fourth-order valence-corrected chi connectivity index (χ4v) is 3.59. The molecule has 2 N–H and O–H groups in total. The van der Waals surface area contributed by atoms with Crippen LogP contribution in [0.4, 0.5) is 0 Å². The molecule has 1 aromatic carbocycles. The Kier molecular flexibility index (Phi) is 7.82. The van der Waals surface area contributed by atoms with Crippen molar-refractivity contribution in [1.82, 2.24) is 20.2 Å². The van der Waals surface area contributed by atoms with E-state index < -0.39 is 0 Å². The molecule has 0 spiro atoms. The predicted molar refractivity (Wildman–Crippen MR) is 125 cm³/mol. The third-order valence-corrected chi connectivity index (χ3v) is 5.35. The van der Waals surface area contributed by atoms with E-state index in [4.69, 9.17) is 4.42 Å². The quantitative estimate of drug-likeness (QED) is 0.520. The van der Waals surface area contributed by atoms with Gasteiger partial charge in [0.1, 0.15) is 0 Å². The SMILES string of the molecule is CCCc1nc(C)c(C(=O)NCc2ccccc2CN(C)C(=O)c2cc(CC)[nH]c(=O)c2)o1. The van der Waals surface area contributed by atoms with Crippen LogP contribution in [0.2, 0.25) is 0 Å². The number of aromatic amines is 1. The van der Waals surface area contributed by atoms with Crippen molar-refractivity contribution in [2.45, 2.75) is 53.1 Å². The summed E-state index contributed by atoms with van der Waals surface area (Å²) >= 11 is 0. The first-order valence-corrected chi connectivity index (χ1v) is 11.1. The van der Waals surface area contributed by atoms with Crippen LogP contribution in [0.25, 0.3) is 0 Å². The molecule has 0 aliphatic carbocycles. The first kappa shape index (κ1) is 24.0. The maximum atomic E-state index is 12.9. The van der Waals surface area contributed by atoms with Crippen LogP contribution in [0.3, 0.4) is 0 Å². The van der Waals surface area contributed by atoms with Crippen LogP contribution < -0.4 is 10.9 Å². The number of carbonyl (C=O) groups excluding carboxylic acids is 2. The molecule has 0 fully saturated rings. The summed E-state index contributed by atoms with van der Waals surface area (Å²) in [7, 11) is 1.69. The van der Waals surface area contributed by atoms with E-state index in [0.717, 1.165) is 17.5 Å². The van der Waals surface area contributed by atoms with Gasteiger partial charge in [0.15, 0.2) is 5.89 Å². The largest absolute Gasteiger partial charge is 0.435 e. The van der Waals surface area contributed by atoms with Crippen molar-refractivity contribution < 1.29 is 14.0 Å². The normalized spacial score (nSPS) is 10.8. The maximum absolute atomic E-state index is 12.9. The molecule has 0 bridgehead atoms. The minimum absolute atomic E-state index is 0.226. The minimum Gasteiger partial charge on any atom is -0.435 e. The highest BCUT2D eigenvalue weighted by molar-refractivity contribution is 5.94. The lowest BCUT2D eigenvalue weighted by Gasteiger charge is -2.20. The third-order valence-electron chi connectivity index (χ3n) is 5.35. The number of nitrogens with one attached hydrogen (secondary N) is 2. The Balaban J connectivity index is 1.70. The van der Waals surface area contributed by atoms with Crippen LogP contribution in [-0.2, 0) is 25.9 Å². The molecule has 0 aliphatic heterocycles. The molecule has 8 nitrogen and oxygen atoms in total. The van der Waals surface area contributed by atoms with Crippen LogP contribution in [-0.4, -0.2) is 33.7 Å². The van der Waals surface area contributed by atoms with Crippen molar-refractivity contribution in [3.63, 3.8) is 0 Å². The highest BCUT2D eigenvalue weighted by Crippen LogP contribution is 2.15. The number of rotatable bonds is 9. The maximum Gasteiger partial charge on any atom is 0.289 e. The van der Waals surface area contributed by atoms with Crippen molar-refractivity contribution in [3.05, 3.63) is 86.5 Å². The van der Waals surface area contributed by atoms with Gasteiger partial charge < -0.3 is 19.6 Å². The fourth-order valence-electron chi connectivity index (χ4n) is 3.59. The number of H-pyrrole nitrogens is 1. The number of hydrogen-bond donors (Lipinski definition) is 2. The van der Waals surface area contributed by atoms with Crippen molar-refractivity contribution in [1.29, 1.82) is 0 Å². The first-order chi connectivity index (χ1) is 15.8. The molecule has 2 heterocycles. The van der Waals surface area contributed by atoms with Gasteiger partial charge in [-0.3, -0.25) is 14.4 Å². The Morgan fingerprint density at radius 2 is 1.88 bits per heavy atom. The van der Waals surface area contributed by atoms with Gasteiger partial charge in [0.05, 0.1) is 5.69 Å². The molecular formula is C25H30N4O4. The number of pyridine rings is 1. The molecule has 33 heavy (non-hydrogen) atoms. The van der Waals surface area contributed by atoms with Crippen molar-refractivity contribution in [2.75, 3.05) is 7.05 Å². The van der Waals surface area contributed by atoms with E-state index in [1.54, 1.807) is 24.9 Å². The molecular weight excluding hydrogens is 420 g/mol. The smallest absolute Gasteiger partial charge is 0.289 e. The zero-order chi connectivity index (χ0) is 24.0. The van der Waals surface area contributed by atoms with Gasteiger partial charge in [0.25, 0.3) is 11.8 Å². The lowest BCUT2D eigenvalue weighted by Crippen LogP contribution is -2.29. The zero-order valence-electron chi connectivity index (χ0n) is 19.5. The van der Waals surface area contributed by atoms with Gasteiger partial charge in [0.2, 0.25) is 11.3 Å². The Morgan fingerprint density at radius 1 is 1.15 bits per heavy atom. The fraction of sp³-hybridized carbons (Fsp3) is 0.360. The van der Waals surface area contributed by atoms with E-state index in [1.807, 2.05) is 38.1 Å². The molecule has 0 atom stereocenters. The number of benzene rings is 1. The van der Waals surface area contributed by atoms with Gasteiger partial charge in [-0.2, -0.15) is 0 Å². The van der Waals surface area contributed by atoms with E-state index in [-0.39, 0.29) is 29.7 Å². The number of aryl methyl sites for hydroxylation is 3. The van der Waals surface area contributed by atoms with Crippen LogP contribution in [0.5, 0.6) is 0 Å². The topological polar surface area (TPSA) is 108 Å². The lowest BCUT2D eigenvalue weighted by atomic mass is 10.1. The highest BCUT2D eigenvalue weighted by atomic mass is 16.4. The van der Waals surface area contributed by atoms with E-state index >= 15 is 0 Å².